The molecule has 0 radical (unpaired) electrons. The molecule has 2 aromatic rings. The highest BCUT2D eigenvalue weighted by atomic mass is 35.5. The average Bonchev–Trinajstić information content (AvgIpc) is 3.26. The number of rotatable bonds is 5. The third-order valence-corrected chi connectivity index (χ3v) is 3.74. The molecule has 0 aromatic carbocycles. The van der Waals surface area contributed by atoms with Crippen molar-refractivity contribution in [2.45, 2.75) is 32.0 Å². The topological polar surface area (TPSA) is 29.0 Å². The van der Waals surface area contributed by atoms with Crippen LogP contribution in [0.3, 0.4) is 0 Å². The van der Waals surface area contributed by atoms with E-state index in [1.165, 1.54) is 18.4 Å². The molecule has 0 atom stereocenters. The molecule has 0 saturated heterocycles. The van der Waals surface area contributed by atoms with Crippen LogP contribution in [0.1, 0.15) is 24.0 Å². The lowest BCUT2D eigenvalue weighted by Gasteiger charge is -2.22. The first-order valence-electron chi connectivity index (χ1n) is 6.54. The molecule has 0 N–H and O–H groups in total. The zero-order valence-electron chi connectivity index (χ0n) is 10.7. The quantitative estimate of drug-likeness (QED) is 0.837. The van der Waals surface area contributed by atoms with E-state index >= 15 is 0 Å². The molecule has 4 heteroatoms. The van der Waals surface area contributed by atoms with Gasteiger partial charge in [-0.05, 0) is 36.1 Å². The summed E-state index contributed by atoms with van der Waals surface area (Å²) < 4.78 is 0. The Kier molecular flexibility index (Phi) is 3.76. The third kappa shape index (κ3) is 3.31. The second-order valence-electron chi connectivity index (χ2n) is 4.96. The predicted octanol–water partition coefficient (Wildman–Crippen LogP) is 3.29. The van der Waals surface area contributed by atoms with Gasteiger partial charge in [-0.3, -0.25) is 14.9 Å². The number of halogens is 1. The van der Waals surface area contributed by atoms with E-state index in [1.54, 1.807) is 12.4 Å². The molecule has 0 unspecified atom stereocenters. The summed E-state index contributed by atoms with van der Waals surface area (Å²) >= 11 is 6.19. The zero-order chi connectivity index (χ0) is 13.1. The first-order valence-corrected chi connectivity index (χ1v) is 6.92. The molecule has 19 heavy (non-hydrogen) atoms. The molecule has 3 rings (SSSR count). The molecular formula is C15H16ClN3. The number of nitrogens with zero attached hydrogens (tertiary/aromatic N) is 3. The van der Waals surface area contributed by atoms with Gasteiger partial charge in [0.15, 0.2) is 0 Å². The Hall–Kier alpha value is -1.45. The zero-order valence-corrected chi connectivity index (χ0v) is 11.4. The highest BCUT2D eigenvalue weighted by molar-refractivity contribution is 6.31. The van der Waals surface area contributed by atoms with Crippen LogP contribution >= 0.6 is 11.6 Å². The lowest BCUT2D eigenvalue weighted by Crippen LogP contribution is -2.25. The van der Waals surface area contributed by atoms with Crippen molar-refractivity contribution in [1.82, 2.24) is 14.9 Å². The molecule has 0 bridgehead atoms. The molecule has 1 aliphatic rings. The van der Waals surface area contributed by atoms with E-state index in [4.69, 9.17) is 11.6 Å². The van der Waals surface area contributed by atoms with Crippen LogP contribution in [0.25, 0.3) is 0 Å². The van der Waals surface area contributed by atoms with Gasteiger partial charge in [0.05, 0.1) is 5.02 Å². The van der Waals surface area contributed by atoms with Crippen molar-refractivity contribution in [3.05, 3.63) is 59.1 Å². The second kappa shape index (κ2) is 5.68. The van der Waals surface area contributed by atoms with Crippen LogP contribution < -0.4 is 0 Å². The predicted molar refractivity (Wildman–Crippen MR) is 75.8 cm³/mol. The summed E-state index contributed by atoms with van der Waals surface area (Å²) in [5, 5.41) is 0.749. The van der Waals surface area contributed by atoms with Gasteiger partial charge in [0.25, 0.3) is 0 Å². The van der Waals surface area contributed by atoms with E-state index in [0.29, 0.717) is 6.04 Å². The Labute approximate surface area is 118 Å². The van der Waals surface area contributed by atoms with Crippen molar-refractivity contribution in [2.24, 2.45) is 0 Å². The van der Waals surface area contributed by atoms with Crippen molar-refractivity contribution < 1.29 is 0 Å². The largest absolute Gasteiger partial charge is 0.292 e. The molecule has 1 saturated carbocycles. The molecular weight excluding hydrogens is 258 g/mol. The van der Waals surface area contributed by atoms with Crippen molar-refractivity contribution in [3.8, 4) is 0 Å². The van der Waals surface area contributed by atoms with Crippen LogP contribution in [0.5, 0.6) is 0 Å². The van der Waals surface area contributed by atoms with E-state index in [0.717, 1.165) is 23.7 Å². The number of pyridine rings is 2. The monoisotopic (exact) mass is 273 g/mol. The van der Waals surface area contributed by atoms with Crippen molar-refractivity contribution >= 4 is 11.6 Å². The van der Waals surface area contributed by atoms with Crippen LogP contribution in [0, 0.1) is 0 Å². The summed E-state index contributed by atoms with van der Waals surface area (Å²) in [6.45, 7) is 1.80. The first-order chi connectivity index (χ1) is 9.33. The minimum absolute atomic E-state index is 0.685. The summed E-state index contributed by atoms with van der Waals surface area (Å²) in [6, 6.07) is 6.79. The minimum Gasteiger partial charge on any atom is -0.292 e. The second-order valence-corrected chi connectivity index (χ2v) is 5.37. The summed E-state index contributed by atoms with van der Waals surface area (Å²) in [6.07, 6.45) is 9.82. The first kappa shape index (κ1) is 12.6. The van der Waals surface area contributed by atoms with Crippen molar-refractivity contribution in [3.63, 3.8) is 0 Å². The Morgan fingerprint density at radius 2 is 1.95 bits per heavy atom. The number of aromatic nitrogens is 2. The average molecular weight is 274 g/mol. The van der Waals surface area contributed by atoms with E-state index in [2.05, 4.69) is 20.9 Å². The van der Waals surface area contributed by atoms with Gasteiger partial charge >= 0.3 is 0 Å². The maximum absolute atomic E-state index is 6.19. The lowest BCUT2D eigenvalue weighted by molar-refractivity contribution is 0.245. The number of hydrogen-bond donors (Lipinski definition) is 0. The highest BCUT2D eigenvalue weighted by Gasteiger charge is 2.29. The van der Waals surface area contributed by atoms with Crippen LogP contribution in [-0.2, 0) is 13.1 Å². The van der Waals surface area contributed by atoms with Gasteiger partial charge in [-0.1, -0.05) is 17.7 Å². The Morgan fingerprint density at radius 1 is 1.11 bits per heavy atom. The minimum atomic E-state index is 0.685. The summed E-state index contributed by atoms with van der Waals surface area (Å²) in [4.78, 5) is 10.7. The van der Waals surface area contributed by atoms with E-state index in [1.807, 2.05) is 24.5 Å². The normalized spacial score (nSPS) is 14.8. The molecule has 0 aliphatic heterocycles. The van der Waals surface area contributed by atoms with Gasteiger partial charge in [0, 0.05) is 43.9 Å². The maximum Gasteiger partial charge on any atom is 0.0634 e. The van der Waals surface area contributed by atoms with Gasteiger partial charge in [-0.25, -0.2) is 0 Å². The van der Waals surface area contributed by atoms with Gasteiger partial charge in [0.2, 0.25) is 0 Å². The van der Waals surface area contributed by atoms with Crippen molar-refractivity contribution in [1.29, 1.82) is 0 Å². The van der Waals surface area contributed by atoms with Crippen LogP contribution in [0.4, 0.5) is 0 Å². The van der Waals surface area contributed by atoms with Crippen molar-refractivity contribution in [2.75, 3.05) is 0 Å². The Balaban J connectivity index is 1.73. The molecule has 2 aromatic heterocycles. The van der Waals surface area contributed by atoms with Gasteiger partial charge in [0.1, 0.15) is 0 Å². The standard InChI is InChI=1S/C15H16ClN3/c16-15-9-18-7-5-13(15)11-19(14-3-4-14)10-12-2-1-6-17-8-12/h1-2,5-9,14H,3-4,10-11H2. The molecule has 0 amide bonds. The van der Waals surface area contributed by atoms with Crippen LogP contribution in [-0.4, -0.2) is 20.9 Å². The summed E-state index contributed by atoms with van der Waals surface area (Å²) in [5.74, 6) is 0. The SMILES string of the molecule is Clc1cnccc1CN(Cc1cccnc1)C1CC1. The number of hydrogen-bond acceptors (Lipinski definition) is 3. The summed E-state index contributed by atoms with van der Waals surface area (Å²) in [5.41, 5.74) is 2.40. The van der Waals surface area contributed by atoms with Crippen LogP contribution in [0.2, 0.25) is 5.02 Å². The van der Waals surface area contributed by atoms with Gasteiger partial charge in [-0.2, -0.15) is 0 Å². The fourth-order valence-electron chi connectivity index (χ4n) is 2.23. The highest BCUT2D eigenvalue weighted by Crippen LogP contribution is 2.30. The van der Waals surface area contributed by atoms with Gasteiger partial charge < -0.3 is 0 Å². The molecule has 3 nitrogen and oxygen atoms in total. The van der Waals surface area contributed by atoms with E-state index in [-0.39, 0.29) is 0 Å². The summed E-state index contributed by atoms with van der Waals surface area (Å²) in [7, 11) is 0. The Morgan fingerprint density at radius 3 is 2.63 bits per heavy atom. The third-order valence-electron chi connectivity index (χ3n) is 3.40. The smallest absolute Gasteiger partial charge is 0.0634 e. The fraction of sp³-hybridized carbons (Fsp3) is 0.333. The Bertz CT molecular complexity index is 540. The van der Waals surface area contributed by atoms with Gasteiger partial charge in [-0.15, -0.1) is 0 Å². The molecule has 1 fully saturated rings. The maximum atomic E-state index is 6.19. The molecule has 1 aliphatic carbocycles. The fourth-order valence-corrected chi connectivity index (χ4v) is 2.41. The molecule has 0 spiro atoms. The molecule has 2 heterocycles. The van der Waals surface area contributed by atoms with E-state index < -0.39 is 0 Å². The van der Waals surface area contributed by atoms with Crippen LogP contribution in [0.15, 0.2) is 43.0 Å². The van der Waals surface area contributed by atoms with E-state index in [9.17, 15) is 0 Å². The molecule has 98 valence electrons. The lowest BCUT2D eigenvalue weighted by atomic mass is 10.2.